The lowest BCUT2D eigenvalue weighted by molar-refractivity contribution is 0.0952. The number of rotatable bonds is 5. The van der Waals surface area contributed by atoms with Crippen LogP contribution in [0.15, 0.2) is 21.9 Å². The Morgan fingerprint density at radius 1 is 1.19 bits per heavy atom. The molecule has 0 bridgehead atoms. The molecule has 7 nitrogen and oxygen atoms in total. The van der Waals surface area contributed by atoms with Gasteiger partial charge in [0.2, 0.25) is 0 Å². The Morgan fingerprint density at radius 3 is 2.65 bits per heavy atom. The minimum Gasteiger partial charge on any atom is -0.352 e. The fourth-order valence-corrected chi connectivity index (χ4v) is 3.76. The third kappa shape index (κ3) is 3.71. The first-order valence-electron chi connectivity index (χ1n) is 9.33. The van der Waals surface area contributed by atoms with Crippen LogP contribution in [0.5, 0.6) is 0 Å². The fourth-order valence-electron chi connectivity index (χ4n) is 3.76. The first kappa shape index (κ1) is 18.4. The molecule has 0 aliphatic heterocycles. The van der Waals surface area contributed by atoms with E-state index in [1.165, 1.54) is 56.0 Å². The van der Waals surface area contributed by atoms with Crippen LogP contribution in [-0.2, 0) is 14.1 Å². The molecule has 26 heavy (non-hydrogen) atoms. The van der Waals surface area contributed by atoms with Gasteiger partial charge in [-0.05, 0) is 24.8 Å². The number of carbonyl (C=O) groups is 1. The van der Waals surface area contributed by atoms with Gasteiger partial charge in [-0.1, -0.05) is 32.1 Å². The summed E-state index contributed by atoms with van der Waals surface area (Å²) in [5.74, 6) is 0.561. The summed E-state index contributed by atoms with van der Waals surface area (Å²) in [6, 6.07) is 1.51. The molecule has 0 atom stereocenters. The van der Waals surface area contributed by atoms with E-state index >= 15 is 0 Å². The molecule has 7 heteroatoms. The van der Waals surface area contributed by atoms with Crippen molar-refractivity contribution in [2.45, 2.75) is 44.9 Å². The van der Waals surface area contributed by atoms with Crippen molar-refractivity contribution < 1.29 is 4.79 Å². The predicted molar refractivity (Wildman–Crippen MR) is 100 cm³/mol. The normalized spacial score (nSPS) is 15.3. The number of pyridine rings is 1. The second kappa shape index (κ2) is 7.85. The molecule has 2 aromatic rings. The Morgan fingerprint density at radius 2 is 1.92 bits per heavy atom. The zero-order chi connectivity index (χ0) is 18.7. The van der Waals surface area contributed by atoms with Crippen LogP contribution in [0.1, 0.15) is 55.3 Å². The number of aryl methyl sites for hydroxylation is 1. The Kier molecular flexibility index (Phi) is 5.54. The highest BCUT2D eigenvalue weighted by Gasteiger charge is 2.15. The van der Waals surface area contributed by atoms with Crippen molar-refractivity contribution in [3.8, 4) is 0 Å². The maximum atomic E-state index is 12.4. The van der Waals surface area contributed by atoms with Crippen LogP contribution in [0.3, 0.4) is 0 Å². The molecule has 1 amide bonds. The van der Waals surface area contributed by atoms with E-state index in [2.05, 4.69) is 10.3 Å². The van der Waals surface area contributed by atoms with Gasteiger partial charge in [0.25, 0.3) is 11.5 Å². The standard InChI is InChI=1S/C19H26N4O3/c1-22-16-15(18(25)23(2)19(22)26)11-14(12-21-16)17(24)20-10-6-9-13-7-4-3-5-8-13/h11-13H,3-10H2,1-2H3,(H,20,24). The lowest BCUT2D eigenvalue weighted by atomic mass is 9.86. The first-order chi connectivity index (χ1) is 12.5. The van der Waals surface area contributed by atoms with Gasteiger partial charge in [0.05, 0.1) is 10.9 Å². The minimum absolute atomic E-state index is 0.237. The maximum Gasteiger partial charge on any atom is 0.332 e. The summed E-state index contributed by atoms with van der Waals surface area (Å²) in [7, 11) is 2.98. The molecule has 1 aliphatic rings. The Labute approximate surface area is 152 Å². The average molecular weight is 358 g/mol. The molecule has 0 unspecified atom stereocenters. The summed E-state index contributed by atoms with van der Waals surface area (Å²) in [5, 5.41) is 3.18. The summed E-state index contributed by atoms with van der Waals surface area (Å²) in [6.45, 7) is 0.624. The number of hydrogen-bond acceptors (Lipinski definition) is 4. The summed E-state index contributed by atoms with van der Waals surface area (Å²) >= 11 is 0. The molecule has 0 aromatic carbocycles. The number of fused-ring (bicyclic) bond motifs is 1. The van der Waals surface area contributed by atoms with Crippen molar-refractivity contribution in [2.24, 2.45) is 20.0 Å². The van der Waals surface area contributed by atoms with Crippen molar-refractivity contribution in [3.05, 3.63) is 38.7 Å². The smallest absolute Gasteiger partial charge is 0.332 e. The molecule has 0 saturated heterocycles. The summed E-state index contributed by atoms with van der Waals surface area (Å²) in [4.78, 5) is 40.7. The number of aromatic nitrogens is 3. The van der Waals surface area contributed by atoms with Crippen LogP contribution in [0.25, 0.3) is 11.0 Å². The average Bonchev–Trinajstić information content (AvgIpc) is 2.68. The monoisotopic (exact) mass is 358 g/mol. The first-order valence-corrected chi connectivity index (χ1v) is 9.33. The Balaban J connectivity index is 1.67. The minimum atomic E-state index is -0.442. The molecular weight excluding hydrogens is 332 g/mol. The highest BCUT2D eigenvalue weighted by Crippen LogP contribution is 2.26. The molecule has 3 rings (SSSR count). The highest BCUT2D eigenvalue weighted by atomic mass is 16.2. The summed E-state index contributed by atoms with van der Waals surface area (Å²) < 4.78 is 2.33. The zero-order valence-electron chi connectivity index (χ0n) is 15.5. The van der Waals surface area contributed by atoms with Gasteiger partial charge < -0.3 is 5.32 Å². The molecule has 0 spiro atoms. The number of amides is 1. The lowest BCUT2D eigenvalue weighted by Gasteiger charge is -2.21. The van der Waals surface area contributed by atoms with Gasteiger partial charge in [-0.15, -0.1) is 0 Å². The van der Waals surface area contributed by atoms with E-state index in [0.717, 1.165) is 23.3 Å². The molecule has 2 aromatic heterocycles. The van der Waals surface area contributed by atoms with E-state index in [-0.39, 0.29) is 16.9 Å². The van der Waals surface area contributed by atoms with Crippen molar-refractivity contribution in [1.82, 2.24) is 19.4 Å². The highest BCUT2D eigenvalue weighted by molar-refractivity contribution is 5.96. The van der Waals surface area contributed by atoms with Gasteiger partial charge in [0.15, 0.2) is 0 Å². The van der Waals surface area contributed by atoms with Gasteiger partial charge in [0.1, 0.15) is 5.65 Å². The SMILES string of the molecule is Cn1c(=O)c2cc(C(=O)NCCCC3CCCCC3)cnc2n(C)c1=O. The van der Waals surface area contributed by atoms with Crippen molar-refractivity contribution in [3.63, 3.8) is 0 Å². The summed E-state index contributed by atoms with van der Waals surface area (Å²) in [5.41, 5.74) is -0.254. The topological polar surface area (TPSA) is 86.0 Å². The van der Waals surface area contributed by atoms with Gasteiger partial charge in [-0.2, -0.15) is 0 Å². The van der Waals surface area contributed by atoms with Gasteiger partial charge >= 0.3 is 5.69 Å². The lowest BCUT2D eigenvalue weighted by Crippen LogP contribution is -2.37. The van der Waals surface area contributed by atoms with Crippen LogP contribution in [0.4, 0.5) is 0 Å². The Bertz CT molecular complexity index is 923. The number of hydrogen-bond donors (Lipinski definition) is 1. The van der Waals surface area contributed by atoms with E-state index in [0.29, 0.717) is 12.1 Å². The van der Waals surface area contributed by atoms with E-state index < -0.39 is 11.2 Å². The molecule has 1 N–H and O–H groups in total. The van der Waals surface area contributed by atoms with Crippen LogP contribution in [0.2, 0.25) is 0 Å². The quantitative estimate of drug-likeness (QED) is 0.825. The number of nitrogens with one attached hydrogen (secondary N) is 1. The molecule has 1 saturated carbocycles. The second-order valence-corrected chi connectivity index (χ2v) is 7.20. The molecule has 140 valence electrons. The van der Waals surface area contributed by atoms with Crippen LogP contribution in [-0.4, -0.2) is 26.6 Å². The molecular formula is C19H26N4O3. The Hall–Kier alpha value is -2.44. The molecule has 1 aliphatic carbocycles. The van der Waals surface area contributed by atoms with E-state index in [9.17, 15) is 14.4 Å². The number of nitrogens with zero attached hydrogens (tertiary/aromatic N) is 3. The second-order valence-electron chi connectivity index (χ2n) is 7.20. The maximum absolute atomic E-state index is 12.4. The van der Waals surface area contributed by atoms with Crippen LogP contribution >= 0.6 is 0 Å². The third-order valence-corrected chi connectivity index (χ3v) is 5.35. The van der Waals surface area contributed by atoms with Gasteiger partial charge in [0, 0.05) is 26.8 Å². The largest absolute Gasteiger partial charge is 0.352 e. The summed E-state index contributed by atoms with van der Waals surface area (Å²) in [6.07, 6.45) is 10.2. The van der Waals surface area contributed by atoms with Crippen LogP contribution in [0, 0.1) is 5.92 Å². The van der Waals surface area contributed by atoms with E-state index in [4.69, 9.17) is 0 Å². The predicted octanol–water partition coefficient (Wildman–Crippen LogP) is 1.72. The van der Waals surface area contributed by atoms with Gasteiger partial charge in [-0.25, -0.2) is 9.78 Å². The van der Waals surface area contributed by atoms with Crippen molar-refractivity contribution in [2.75, 3.05) is 6.54 Å². The van der Waals surface area contributed by atoms with Gasteiger partial charge in [-0.3, -0.25) is 18.7 Å². The number of carbonyl (C=O) groups excluding carboxylic acids is 1. The zero-order valence-corrected chi connectivity index (χ0v) is 15.5. The molecule has 1 fully saturated rings. The third-order valence-electron chi connectivity index (χ3n) is 5.35. The van der Waals surface area contributed by atoms with E-state index in [1.54, 1.807) is 7.05 Å². The van der Waals surface area contributed by atoms with E-state index in [1.807, 2.05) is 0 Å². The van der Waals surface area contributed by atoms with Crippen molar-refractivity contribution >= 4 is 16.9 Å². The van der Waals surface area contributed by atoms with Crippen molar-refractivity contribution in [1.29, 1.82) is 0 Å². The van der Waals surface area contributed by atoms with Crippen LogP contribution < -0.4 is 16.6 Å². The molecule has 0 radical (unpaired) electrons. The fraction of sp³-hybridized carbons (Fsp3) is 0.579. The molecule has 2 heterocycles.